The van der Waals surface area contributed by atoms with Gasteiger partial charge in [0.15, 0.2) is 5.82 Å². The SMILES string of the molecule is COCc1noc(-c2cccc(C)c2N)n1. The van der Waals surface area contributed by atoms with E-state index in [2.05, 4.69) is 10.1 Å². The van der Waals surface area contributed by atoms with Gasteiger partial charge in [0, 0.05) is 12.8 Å². The van der Waals surface area contributed by atoms with Gasteiger partial charge in [-0.15, -0.1) is 0 Å². The molecule has 0 radical (unpaired) electrons. The molecule has 0 bridgehead atoms. The molecule has 0 fully saturated rings. The van der Waals surface area contributed by atoms with Crippen LogP contribution >= 0.6 is 0 Å². The number of para-hydroxylation sites is 1. The maximum atomic E-state index is 5.94. The van der Waals surface area contributed by atoms with Crippen molar-refractivity contribution in [1.29, 1.82) is 0 Å². The van der Waals surface area contributed by atoms with Crippen molar-refractivity contribution in [3.05, 3.63) is 29.6 Å². The van der Waals surface area contributed by atoms with Crippen LogP contribution in [0.5, 0.6) is 0 Å². The van der Waals surface area contributed by atoms with Crippen LogP contribution in [0.2, 0.25) is 0 Å². The number of anilines is 1. The lowest BCUT2D eigenvalue weighted by Crippen LogP contribution is -1.94. The van der Waals surface area contributed by atoms with Crippen molar-refractivity contribution in [2.45, 2.75) is 13.5 Å². The Morgan fingerprint density at radius 1 is 1.44 bits per heavy atom. The van der Waals surface area contributed by atoms with Gasteiger partial charge in [-0.2, -0.15) is 4.98 Å². The zero-order chi connectivity index (χ0) is 11.5. The average Bonchev–Trinajstić information content (AvgIpc) is 2.71. The Hall–Kier alpha value is -1.88. The van der Waals surface area contributed by atoms with Gasteiger partial charge >= 0.3 is 0 Å². The number of nitrogens with two attached hydrogens (primary N) is 1. The number of benzene rings is 1. The third-order valence-corrected chi connectivity index (χ3v) is 2.30. The molecule has 0 aliphatic carbocycles. The average molecular weight is 219 g/mol. The zero-order valence-corrected chi connectivity index (χ0v) is 9.23. The molecule has 2 aromatic rings. The fourth-order valence-electron chi connectivity index (χ4n) is 1.42. The number of hydrogen-bond donors (Lipinski definition) is 1. The van der Waals surface area contributed by atoms with E-state index in [1.807, 2.05) is 25.1 Å². The molecule has 0 spiro atoms. The minimum Gasteiger partial charge on any atom is -0.398 e. The fraction of sp³-hybridized carbons (Fsp3) is 0.273. The summed E-state index contributed by atoms with van der Waals surface area (Å²) in [5, 5.41) is 3.79. The summed E-state index contributed by atoms with van der Waals surface area (Å²) >= 11 is 0. The Labute approximate surface area is 93.2 Å². The normalized spacial score (nSPS) is 10.6. The molecule has 0 aliphatic rings. The number of aryl methyl sites for hydroxylation is 1. The van der Waals surface area contributed by atoms with E-state index in [0.29, 0.717) is 24.0 Å². The van der Waals surface area contributed by atoms with Crippen LogP contribution in [0.25, 0.3) is 11.5 Å². The van der Waals surface area contributed by atoms with Crippen LogP contribution in [0.3, 0.4) is 0 Å². The van der Waals surface area contributed by atoms with Gasteiger partial charge in [0.2, 0.25) is 0 Å². The van der Waals surface area contributed by atoms with E-state index in [0.717, 1.165) is 11.1 Å². The van der Waals surface area contributed by atoms with E-state index < -0.39 is 0 Å². The molecule has 1 aromatic heterocycles. The van der Waals surface area contributed by atoms with Gasteiger partial charge in [0.1, 0.15) is 6.61 Å². The first-order valence-electron chi connectivity index (χ1n) is 4.89. The predicted octanol–water partition coefficient (Wildman–Crippen LogP) is 1.77. The largest absolute Gasteiger partial charge is 0.398 e. The van der Waals surface area contributed by atoms with Crippen LogP contribution < -0.4 is 5.73 Å². The number of nitrogens with zero attached hydrogens (tertiary/aromatic N) is 2. The summed E-state index contributed by atoms with van der Waals surface area (Å²) in [5.74, 6) is 0.937. The summed E-state index contributed by atoms with van der Waals surface area (Å²) in [6, 6.07) is 5.69. The van der Waals surface area contributed by atoms with Crippen molar-refractivity contribution in [2.24, 2.45) is 0 Å². The van der Waals surface area contributed by atoms with Crippen LogP contribution in [0, 0.1) is 6.92 Å². The molecule has 0 saturated heterocycles. The second-order valence-electron chi connectivity index (χ2n) is 3.48. The smallest absolute Gasteiger partial charge is 0.260 e. The van der Waals surface area contributed by atoms with Crippen LogP contribution in [-0.4, -0.2) is 17.3 Å². The minimum atomic E-state index is 0.329. The molecule has 2 rings (SSSR count). The van der Waals surface area contributed by atoms with Gasteiger partial charge in [-0.05, 0) is 18.6 Å². The van der Waals surface area contributed by atoms with Crippen LogP contribution in [0.15, 0.2) is 22.7 Å². The Balaban J connectivity index is 2.39. The molecular weight excluding hydrogens is 206 g/mol. The summed E-state index contributed by atoms with van der Waals surface area (Å²) in [5.41, 5.74) is 8.35. The first-order chi connectivity index (χ1) is 7.72. The van der Waals surface area contributed by atoms with Gasteiger partial charge in [0.05, 0.1) is 5.56 Å². The molecule has 0 saturated carbocycles. The van der Waals surface area contributed by atoms with Crippen LogP contribution in [0.4, 0.5) is 5.69 Å². The van der Waals surface area contributed by atoms with Gasteiger partial charge in [-0.25, -0.2) is 0 Å². The first-order valence-corrected chi connectivity index (χ1v) is 4.89. The lowest BCUT2D eigenvalue weighted by molar-refractivity contribution is 0.174. The van der Waals surface area contributed by atoms with Gasteiger partial charge < -0.3 is 15.0 Å². The standard InChI is InChI=1S/C11H13N3O2/c1-7-4-3-5-8(10(7)12)11-13-9(6-15-2)14-16-11/h3-5H,6,12H2,1-2H3. The number of nitrogen functional groups attached to an aromatic ring is 1. The molecule has 84 valence electrons. The molecule has 16 heavy (non-hydrogen) atoms. The second-order valence-corrected chi connectivity index (χ2v) is 3.48. The topological polar surface area (TPSA) is 74.2 Å². The second kappa shape index (κ2) is 4.32. The summed E-state index contributed by atoms with van der Waals surface area (Å²) < 4.78 is 10.0. The third kappa shape index (κ3) is 1.90. The highest BCUT2D eigenvalue weighted by atomic mass is 16.5. The predicted molar refractivity (Wildman–Crippen MR) is 59.6 cm³/mol. The summed E-state index contributed by atoms with van der Waals surface area (Å²) in [7, 11) is 1.58. The van der Waals surface area contributed by atoms with Crippen molar-refractivity contribution in [1.82, 2.24) is 10.1 Å². The lowest BCUT2D eigenvalue weighted by atomic mass is 10.1. The lowest BCUT2D eigenvalue weighted by Gasteiger charge is -2.02. The van der Waals surface area contributed by atoms with E-state index in [4.69, 9.17) is 15.0 Å². The molecule has 2 N–H and O–H groups in total. The van der Waals surface area contributed by atoms with E-state index in [9.17, 15) is 0 Å². The van der Waals surface area contributed by atoms with Crippen LogP contribution in [0.1, 0.15) is 11.4 Å². The maximum Gasteiger partial charge on any atom is 0.260 e. The fourth-order valence-corrected chi connectivity index (χ4v) is 1.42. The molecular formula is C11H13N3O2. The summed E-state index contributed by atoms with van der Waals surface area (Å²) in [6.45, 7) is 2.26. The Bertz CT molecular complexity index is 494. The van der Waals surface area contributed by atoms with Crippen molar-refractivity contribution in [3.8, 4) is 11.5 Å². The van der Waals surface area contributed by atoms with Gasteiger partial charge in [-0.3, -0.25) is 0 Å². The quantitative estimate of drug-likeness (QED) is 0.796. The van der Waals surface area contributed by atoms with Gasteiger partial charge in [0.25, 0.3) is 5.89 Å². The minimum absolute atomic E-state index is 0.329. The number of rotatable bonds is 3. The highest BCUT2D eigenvalue weighted by Gasteiger charge is 2.12. The van der Waals surface area contributed by atoms with E-state index in [1.54, 1.807) is 7.11 Å². The number of aromatic nitrogens is 2. The van der Waals surface area contributed by atoms with Crippen LogP contribution in [-0.2, 0) is 11.3 Å². The Kier molecular flexibility index (Phi) is 2.87. The molecule has 5 nitrogen and oxygen atoms in total. The van der Waals surface area contributed by atoms with Crippen molar-refractivity contribution in [2.75, 3.05) is 12.8 Å². The number of methoxy groups -OCH3 is 1. The van der Waals surface area contributed by atoms with Crippen molar-refractivity contribution >= 4 is 5.69 Å². The summed E-state index contributed by atoms with van der Waals surface area (Å²) in [4.78, 5) is 4.19. The van der Waals surface area contributed by atoms with E-state index in [-0.39, 0.29) is 0 Å². The molecule has 0 amide bonds. The molecule has 0 atom stereocenters. The van der Waals surface area contributed by atoms with Crippen molar-refractivity contribution < 1.29 is 9.26 Å². The molecule has 0 unspecified atom stereocenters. The highest BCUT2D eigenvalue weighted by Crippen LogP contribution is 2.26. The maximum absolute atomic E-state index is 5.94. The number of hydrogen-bond acceptors (Lipinski definition) is 5. The Morgan fingerprint density at radius 2 is 2.25 bits per heavy atom. The van der Waals surface area contributed by atoms with E-state index in [1.165, 1.54) is 0 Å². The number of ether oxygens (including phenoxy) is 1. The summed E-state index contributed by atoms with van der Waals surface area (Å²) in [6.07, 6.45) is 0. The Morgan fingerprint density at radius 3 is 3.00 bits per heavy atom. The molecule has 1 aromatic carbocycles. The highest BCUT2D eigenvalue weighted by molar-refractivity contribution is 5.72. The third-order valence-electron chi connectivity index (χ3n) is 2.30. The zero-order valence-electron chi connectivity index (χ0n) is 9.23. The van der Waals surface area contributed by atoms with Gasteiger partial charge in [-0.1, -0.05) is 17.3 Å². The van der Waals surface area contributed by atoms with E-state index >= 15 is 0 Å². The molecule has 0 aliphatic heterocycles. The molecule has 5 heteroatoms. The molecule has 1 heterocycles. The van der Waals surface area contributed by atoms with Crippen molar-refractivity contribution in [3.63, 3.8) is 0 Å². The first kappa shape index (κ1) is 10.6. The monoisotopic (exact) mass is 219 g/mol.